The van der Waals surface area contributed by atoms with Gasteiger partial charge in [0.15, 0.2) is 0 Å². The molecule has 1 aromatic heterocycles. The zero-order chi connectivity index (χ0) is 14.7. The van der Waals surface area contributed by atoms with Crippen LogP contribution in [0.15, 0.2) is 18.2 Å². The molecule has 4 nitrogen and oxygen atoms in total. The summed E-state index contributed by atoms with van der Waals surface area (Å²) in [5.41, 5.74) is 2.69. The number of unbranched alkanes of at least 4 members (excludes halogenated alkanes) is 1. The van der Waals surface area contributed by atoms with Crippen LogP contribution in [0, 0.1) is 0 Å². The van der Waals surface area contributed by atoms with Crippen LogP contribution >= 0.6 is 11.8 Å². The van der Waals surface area contributed by atoms with Gasteiger partial charge in [-0.25, -0.2) is 4.98 Å². The molecule has 1 aliphatic rings. The number of hydrogen-bond acceptors (Lipinski definition) is 3. The lowest BCUT2D eigenvalue weighted by Crippen LogP contribution is -2.37. The number of benzene rings is 1. The molecule has 0 unspecified atom stereocenters. The quantitative estimate of drug-likeness (QED) is 0.944. The highest BCUT2D eigenvalue weighted by Gasteiger charge is 2.18. The van der Waals surface area contributed by atoms with Gasteiger partial charge in [0.1, 0.15) is 5.82 Å². The molecule has 0 atom stereocenters. The van der Waals surface area contributed by atoms with Crippen LogP contribution in [-0.4, -0.2) is 45.4 Å². The summed E-state index contributed by atoms with van der Waals surface area (Å²) >= 11 is 1.91. The molecule has 1 aliphatic heterocycles. The monoisotopic (exact) mass is 303 g/mol. The molecule has 0 spiro atoms. The number of rotatable bonds is 4. The molecule has 0 aliphatic carbocycles. The SMILES string of the molecule is CCCCc1nc2ccc(C(=O)N3CCSCC3)cc2[nH]1. The number of imidazole rings is 1. The van der Waals surface area contributed by atoms with E-state index in [2.05, 4.69) is 16.9 Å². The molecule has 2 aromatic rings. The van der Waals surface area contributed by atoms with Gasteiger partial charge in [0.25, 0.3) is 5.91 Å². The Hall–Kier alpha value is -1.49. The van der Waals surface area contributed by atoms with E-state index in [1.54, 1.807) is 0 Å². The molecule has 21 heavy (non-hydrogen) atoms. The molecule has 3 rings (SSSR count). The fourth-order valence-corrected chi connectivity index (χ4v) is 3.51. The second kappa shape index (κ2) is 6.52. The van der Waals surface area contributed by atoms with Crippen LogP contribution in [0.3, 0.4) is 0 Å². The summed E-state index contributed by atoms with van der Waals surface area (Å²) in [6.07, 6.45) is 3.27. The largest absolute Gasteiger partial charge is 0.342 e. The molecular weight excluding hydrogens is 282 g/mol. The van der Waals surface area contributed by atoms with Crippen LogP contribution in [0.2, 0.25) is 0 Å². The molecule has 5 heteroatoms. The van der Waals surface area contributed by atoms with Crippen LogP contribution in [0.4, 0.5) is 0 Å². The fourth-order valence-electron chi connectivity index (χ4n) is 2.61. The minimum atomic E-state index is 0.141. The molecule has 112 valence electrons. The lowest BCUT2D eigenvalue weighted by atomic mass is 10.1. The second-order valence-corrected chi connectivity index (χ2v) is 6.65. The molecular formula is C16H21N3OS. The zero-order valence-corrected chi connectivity index (χ0v) is 13.2. The van der Waals surface area contributed by atoms with Crippen molar-refractivity contribution in [1.82, 2.24) is 14.9 Å². The van der Waals surface area contributed by atoms with Crippen molar-refractivity contribution in [2.75, 3.05) is 24.6 Å². The lowest BCUT2D eigenvalue weighted by Gasteiger charge is -2.26. The van der Waals surface area contributed by atoms with E-state index >= 15 is 0 Å². The van der Waals surface area contributed by atoms with Crippen molar-refractivity contribution in [1.29, 1.82) is 0 Å². The van der Waals surface area contributed by atoms with Gasteiger partial charge in [-0.05, 0) is 24.6 Å². The number of fused-ring (bicyclic) bond motifs is 1. The van der Waals surface area contributed by atoms with Crippen LogP contribution < -0.4 is 0 Å². The van der Waals surface area contributed by atoms with E-state index in [1.807, 2.05) is 34.9 Å². The molecule has 1 saturated heterocycles. The van der Waals surface area contributed by atoms with Gasteiger partial charge in [-0.1, -0.05) is 13.3 Å². The highest BCUT2D eigenvalue weighted by Crippen LogP contribution is 2.18. The minimum Gasteiger partial charge on any atom is -0.342 e. The summed E-state index contributed by atoms with van der Waals surface area (Å²) in [7, 11) is 0. The third-order valence-electron chi connectivity index (χ3n) is 3.84. The van der Waals surface area contributed by atoms with Gasteiger partial charge >= 0.3 is 0 Å². The molecule has 1 fully saturated rings. The smallest absolute Gasteiger partial charge is 0.253 e. The van der Waals surface area contributed by atoms with E-state index in [1.165, 1.54) is 0 Å². The first kappa shape index (κ1) is 14.4. The van der Waals surface area contributed by atoms with E-state index in [0.29, 0.717) is 0 Å². The molecule has 1 N–H and O–H groups in total. The van der Waals surface area contributed by atoms with Crippen LogP contribution in [0.1, 0.15) is 35.9 Å². The minimum absolute atomic E-state index is 0.141. The number of aromatic amines is 1. The van der Waals surface area contributed by atoms with Crippen molar-refractivity contribution in [3.05, 3.63) is 29.6 Å². The molecule has 1 aromatic carbocycles. The normalized spacial score (nSPS) is 15.6. The van der Waals surface area contributed by atoms with Gasteiger partial charge in [-0.15, -0.1) is 0 Å². The first-order chi connectivity index (χ1) is 10.3. The van der Waals surface area contributed by atoms with Crippen molar-refractivity contribution in [3.8, 4) is 0 Å². The Labute approximate surface area is 129 Å². The average Bonchev–Trinajstić information content (AvgIpc) is 2.95. The van der Waals surface area contributed by atoms with Gasteiger partial charge in [-0.2, -0.15) is 11.8 Å². The van der Waals surface area contributed by atoms with Crippen LogP contribution in [0.25, 0.3) is 11.0 Å². The molecule has 0 saturated carbocycles. The molecule has 0 bridgehead atoms. The Kier molecular flexibility index (Phi) is 4.48. The Morgan fingerprint density at radius 3 is 2.95 bits per heavy atom. The number of H-pyrrole nitrogens is 1. The first-order valence-electron chi connectivity index (χ1n) is 7.63. The predicted molar refractivity (Wildman–Crippen MR) is 87.9 cm³/mol. The van der Waals surface area contributed by atoms with Gasteiger partial charge in [0, 0.05) is 36.6 Å². The zero-order valence-electron chi connectivity index (χ0n) is 12.4. The number of carbonyl (C=O) groups is 1. The average molecular weight is 303 g/mol. The number of nitrogens with one attached hydrogen (secondary N) is 1. The van der Waals surface area contributed by atoms with Crippen molar-refractivity contribution in [2.45, 2.75) is 26.2 Å². The molecule has 0 radical (unpaired) electrons. The maximum Gasteiger partial charge on any atom is 0.253 e. The van der Waals surface area contributed by atoms with Gasteiger partial charge in [0.2, 0.25) is 0 Å². The maximum absolute atomic E-state index is 12.5. The number of amides is 1. The molecule has 1 amide bonds. The Morgan fingerprint density at radius 2 is 2.19 bits per heavy atom. The summed E-state index contributed by atoms with van der Waals surface area (Å²) in [6.45, 7) is 3.88. The van der Waals surface area contributed by atoms with Crippen LogP contribution in [0.5, 0.6) is 0 Å². The summed E-state index contributed by atoms with van der Waals surface area (Å²) in [5.74, 6) is 3.24. The predicted octanol–water partition coefficient (Wildman–Crippen LogP) is 3.09. The van der Waals surface area contributed by atoms with Gasteiger partial charge in [-0.3, -0.25) is 4.79 Å². The first-order valence-corrected chi connectivity index (χ1v) is 8.79. The number of hydrogen-bond donors (Lipinski definition) is 1. The van der Waals surface area contributed by atoms with Crippen molar-refractivity contribution < 1.29 is 4.79 Å². The fraction of sp³-hybridized carbons (Fsp3) is 0.500. The topological polar surface area (TPSA) is 49.0 Å². The van der Waals surface area contributed by atoms with E-state index in [4.69, 9.17) is 0 Å². The Morgan fingerprint density at radius 1 is 1.38 bits per heavy atom. The summed E-state index contributed by atoms with van der Waals surface area (Å²) < 4.78 is 0. The van der Waals surface area contributed by atoms with Gasteiger partial charge in [0.05, 0.1) is 11.0 Å². The second-order valence-electron chi connectivity index (χ2n) is 5.42. The number of aryl methyl sites for hydroxylation is 1. The van der Waals surface area contributed by atoms with Crippen molar-refractivity contribution in [3.63, 3.8) is 0 Å². The summed E-state index contributed by atoms with van der Waals surface area (Å²) in [5, 5.41) is 0. The summed E-state index contributed by atoms with van der Waals surface area (Å²) in [6, 6.07) is 5.80. The van der Waals surface area contributed by atoms with E-state index in [9.17, 15) is 4.79 Å². The maximum atomic E-state index is 12.5. The van der Waals surface area contributed by atoms with Crippen LogP contribution in [-0.2, 0) is 6.42 Å². The third kappa shape index (κ3) is 3.23. The highest BCUT2D eigenvalue weighted by molar-refractivity contribution is 7.99. The third-order valence-corrected chi connectivity index (χ3v) is 4.79. The summed E-state index contributed by atoms with van der Waals surface area (Å²) in [4.78, 5) is 22.4. The highest BCUT2D eigenvalue weighted by atomic mass is 32.2. The van der Waals surface area contributed by atoms with Crippen molar-refractivity contribution >= 4 is 28.7 Å². The Balaban J connectivity index is 1.81. The van der Waals surface area contributed by atoms with Gasteiger partial charge < -0.3 is 9.88 Å². The van der Waals surface area contributed by atoms with Crippen molar-refractivity contribution in [2.24, 2.45) is 0 Å². The number of aromatic nitrogens is 2. The van der Waals surface area contributed by atoms with E-state index in [-0.39, 0.29) is 5.91 Å². The number of thioether (sulfide) groups is 1. The standard InChI is InChI=1S/C16H21N3OS/c1-2-3-4-15-17-13-6-5-12(11-14(13)18-15)16(20)19-7-9-21-10-8-19/h5-6,11H,2-4,7-10H2,1H3,(H,17,18). The lowest BCUT2D eigenvalue weighted by molar-refractivity contribution is 0.0772. The van der Waals surface area contributed by atoms with E-state index < -0.39 is 0 Å². The van der Waals surface area contributed by atoms with E-state index in [0.717, 1.165) is 66.3 Å². The molecule has 2 heterocycles. The Bertz CT molecular complexity index is 631. The number of carbonyl (C=O) groups excluding carboxylic acids is 1. The number of nitrogens with zero attached hydrogens (tertiary/aromatic N) is 2.